The number of benzene rings is 2. The zero-order valence-electron chi connectivity index (χ0n) is 13.9. The van der Waals surface area contributed by atoms with Crippen LogP contribution in [0.15, 0.2) is 48.5 Å². The van der Waals surface area contributed by atoms with Crippen molar-refractivity contribution in [3.63, 3.8) is 0 Å². The molecule has 1 saturated carbocycles. The molecule has 0 atom stereocenters. The second-order valence-electron chi connectivity index (χ2n) is 6.09. The summed E-state index contributed by atoms with van der Waals surface area (Å²) in [7, 11) is 0. The molecular weight excluding hydrogens is 305 g/mol. The van der Waals surface area contributed by atoms with Crippen LogP contribution in [0.25, 0.3) is 0 Å². The normalized spacial score (nSPS) is 13.6. The van der Waals surface area contributed by atoms with Gasteiger partial charge in [0.2, 0.25) is 0 Å². The summed E-state index contributed by atoms with van der Waals surface area (Å²) in [5, 5.41) is 0. The van der Waals surface area contributed by atoms with Crippen molar-refractivity contribution < 1.29 is 13.9 Å². The molecular formula is C20H22FNO2. The Morgan fingerprint density at radius 1 is 1.12 bits per heavy atom. The number of halogens is 1. The van der Waals surface area contributed by atoms with Crippen molar-refractivity contribution in [2.75, 3.05) is 6.61 Å². The third-order valence-electron chi connectivity index (χ3n) is 4.31. The molecule has 2 aromatic rings. The fourth-order valence-corrected chi connectivity index (χ4v) is 2.78. The Morgan fingerprint density at radius 3 is 2.46 bits per heavy atom. The fourth-order valence-electron chi connectivity index (χ4n) is 2.78. The minimum Gasteiger partial charge on any atom is -0.483 e. The van der Waals surface area contributed by atoms with Gasteiger partial charge in [0.1, 0.15) is 11.6 Å². The van der Waals surface area contributed by atoms with Crippen LogP contribution in [0.5, 0.6) is 5.75 Å². The zero-order chi connectivity index (χ0) is 16.9. The second kappa shape index (κ2) is 7.47. The van der Waals surface area contributed by atoms with Crippen LogP contribution in [0.3, 0.4) is 0 Å². The highest BCUT2D eigenvalue weighted by atomic mass is 19.1. The minimum absolute atomic E-state index is 0.0119. The lowest BCUT2D eigenvalue weighted by Gasteiger charge is -2.23. The lowest BCUT2D eigenvalue weighted by molar-refractivity contribution is -0.134. The minimum atomic E-state index is -0.270. The summed E-state index contributed by atoms with van der Waals surface area (Å²) < 4.78 is 19.6. The molecule has 3 nitrogen and oxygen atoms in total. The van der Waals surface area contributed by atoms with Crippen molar-refractivity contribution in [3.05, 3.63) is 65.5 Å². The van der Waals surface area contributed by atoms with Gasteiger partial charge in [-0.3, -0.25) is 4.79 Å². The van der Waals surface area contributed by atoms with E-state index in [1.807, 2.05) is 24.3 Å². The average molecular weight is 327 g/mol. The molecule has 1 amide bonds. The van der Waals surface area contributed by atoms with E-state index < -0.39 is 0 Å². The Labute approximate surface area is 142 Å². The summed E-state index contributed by atoms with van der Waals surface area (Å²) in [6.07, 6.45) is 2.81. The molecule has 24 heavy (non-hydrogen) atoms. The van der Waals surface area contributed by atoms with Crippen LogP contribution in [-0.4, -0.2) is 23.5 Å². The van der Waals surface area contributed by atoms with E-state index in [0.29, 0.717) is 12.1 Å². The van der Waals surface area contributed by atoms with E-state index >= 15 is 0 Å². The van der Waals surface area contributed by atoms with Crippen molar-refractivity contribution in [2.24, 2.45) is 0 Å². The third kappa shape index (κ3) is 3.94. The number of hydrogen-bond donors (Lipinski definition) is 0. The van der Waals surface area contributed by atoms with E-state index in [2.05, 4.69) is 6.92 Å². The molecule has 0 radical (unpaired) electrons. The first-order valence-electron chi connectivity index (χ1n) is 8.42. The summed E-state index contributed by atoms with van der Waals surface area (Å²) in [4.78, 5) is 14.3. The van der Waals surface area contributed by atoms with Crippen LogP contribution < -0.4 is 4.74 Å². The number of carbonyl (C=O) groups is 1. The monoisotopic (exact) mass is 327 g/mol. The van der Waals surface area contributed by atoms with Crippen LogP contribution in [0.2, 0.25) is 0 Å². The van der Waals surface area contributed by atoms with Gasteiger partial charge in [-0.05, 0) is 37.0 Å². The lowest BCUT2D eigenvalue weighted by Crippen LogP contribution is -2.36. The highest BCUT2D eigenvalue weighted by Crippen LogP contribution is 2.29. The number of amides is 1. The number of rotatable bonds is 7. The quantitative estimate of drug-likeness (QED) is 0.770. The third-order valence-corrected chi connectivity index (χ3v) is 4.31. The Balaban J connectivity index is 1.66. The largest absolute Gasteiger partial charge is 0.483 e. The van der Waals surface area contributed by atoms with Crippen molar-refractivity contribution in [3.8, 4) is 5.75 Å². The first kappa shape index (κ1) is 16.5. The molecule has 0 N–H and O–H groups in total. The Bertz CT molecular complexity index is 712. The van der Waals surface area contributed by atoms with Crippen LogP contribution in [0.4, 0.5) is 4.39 Å². The average Bonchev–Trinajstić information content (AvgIpc) is 3.44. The molecule has 1 aliphatic rings. The van der Waals surface area contributed by atoms with E-state index in [-0.39, 0.29) is 24.4 Å². The second-order valence-corrected chi connectivity index (χ2v) is 6.09. The smallest absolute Gasteiger partial charge is 0.261 e. The molecule has 1 aliphatic carbocycles. The van der Waals surface area contributed by atoms with E-state index in [1.165, 1.54) is 6.07 Å². The van der Waals surface area contributed by atoms with Crippen LogP contribution >= 0.6 is 0 Å². The number of hydrogen-bond acceptors (Lipinski definition) is 2. The lowest BCUT2D eigenvalue weighted by atomic mass is 10.1. The molecule has 4 heteroatoms. The van der Waals surface area contributed by atoms with Crippen molar-refractivity contribution in [2.45, 2.75) is 38.8 Å². The van der Waals surface area contributed by atoms with E-state index in [9.17, 15) is 9.18 Å². The first-order valence-corrected chi connectivity index (χ1v) is 8.42. The number of nitrogens with zero attached hydrogens (tertiary/aromatic N) is 1. The topological polar surface area (TPSA) is 29.5 Å². The number of carbonyl (C=O) groups excluding carboxylic acids is 1. The van der Waals surface area contributed by atoms with Gasteiger partial charge in [0.15, 0.2) is 6.61 Å². The van der Waals surface area contributed by atoms with E-state index in [1.54, 1.807) is 23.1 Å². The highest BCUT2D eigenvalue weighted by molar-refractivity contribution is 5.78. The number of ether oxygens (including phenoxy) is 1. The van der Waals surface area contributed by atoms with Gasteiger partial charge in [-0.1, -0.05) is 43.3 Å². The molecule has 1 fully saturated rings. The summed E-state index contributed by atoms with van der Waals surface area (Å²) in [5.41, 5.74) is 1.63. The van der Waals surface area contributed by atoms with Gasteiger partial charge in [0, 0.05) is 18.2 Å². The number of para-hydroxylation sites is 1. The van der Waals surface area contributed by atoms with E-state index in [0.717, 1.165) is 30.6 Å². The van der Waals surface area contributed by atoms with Crippen LogP contribution in [-0.2, 0) is 17.8 Å². The molecule has 126 valence electrons. The molecule has 0 heterocycles. The van der Waals surface area contributed by atoms with Crippen molar-refractivity contribution >= 4 is 5.91 Å². The Hall–Kier alpha value is -2.36. The summed E-state index contributed by atoms with van der Waals surface area (Å²) in [6, 6.07) is 14.6. The zero-order valence-corrected chi connectivity index (χ0v) is 13.9. The standard InChI is InChI=1S/C20H22FNO2/c1-2-15-7-4-6-10-19(15)24-14-20(23)22(17-11-12-17)13-16-8-3-5-9-18(16)21/h3-10,17H,2,11-14H2,1H3. The Kier molecular flexibility index (Phi) is 5.14. The maximum atomic E-state index is 13.9. The Morgan fingerprint density at radius 2 is 1.79 bits per heavy atom. The molecule has 0 unspecified atom stereocenters. The summed E-state index contributed by atoms with van der Waals surface area (Å²) >= 11 is 0. The van der Waals surface area contributed by atoms with Gasteiger partial charge < -0.3 is 9.64 Å². The predicted molar refractivity (Wildman–Crippen MR) is 91.3 cm³/mol. The van der Waals surface area contributed by atoms with Gasteiger partial charge in [0.25, 0.3) is 5.91 Å². The summed E-state index contributed by atoms with van der Waals surface area (Å²) in [5.74, 6) is 0.384. The van der Waals surface area contributed by atoms with Gasteiger partial charge in [-0.2, -0.15) is 0 Å². The summed E-state index contributed by atoms with van der Waals surface area (Å²) in [6.45, 7) is 2.34. The van der Waals surface area contributed by atoms with Gasteiger partial charge >= 0.3 is 0 Å². The molecule has 0 bridgehead atoms. The molecule has 0 aliphatic heterocycles. The van der Waals surface area contributed by atoms with Crippen molar-refractivity contribution in [1.82, 2.24) is 4.90 Å². The van der Waals surface area contributed by atoms with Crippen LogP contribution in [0.1, 0.15) is 30.9 Å². The van der Waals surface area contributed by atoms with Gasteiger partial charge in [0.05, 0.1) is 0 Å². The van der Waals surface area contributed by atoms with Gasteiger partial charge in [-0.25, -0.2) is 4.39 Å². The molecule has 0 spiro atoms. The molecule has 2 aromatic carbocycles. The van der Waals surface area contributed by atoms with E-state index in [4.69, 9.17) is 4.74 Å². The molecule has 0 saturated heterocycles. The maximum absolute atomic E-state index is 13.9. The maximum Gasteiger partial charge on any atom is 0.261 e. The SMILES string of the molecule is CCc1ccccc1OCC(=O)N(Cc1ccccc1F)C1CC1. The predicted octanol–water partition coefficient (Wildman–Crippen LogP) is 3.96. The molecule has 3 rings (SSSR count). The van der Waals surface area contributed by atoms with Crippen LogP contribution in [0, 0.1) is 5.82 Å². The highest BCUT2D eigenvalue weighted by Gasteiger charge is 2.33. The number of aryl methyl sites for hydroxylation is 1. The molecule has 0 aromatic heterocycles. The van der Waals surface area contributed by atoms with Crippen molar-refractivity contribution in [1.29, 1.82) is 0 Å². The fraction of sp³-hybridized carbons (Fsp3) is 0.350. The van der Waals surface area contributed by atoms with Gasteiger partial charge in [-0.15, -0.1) is 0 Å². The first-order chi connectivity index (χ1) is 11.7.